The van der Waals surface area contributed by atoms with Gasteiger partial charge in [0.1, 0.15) is 7.14 Å². The van der Waals surface area contributed by atoms with Crippen molar-refractivity contribution in [3.63, 3.8) is 0 Å². The van der Waals surface area contributed by atoms with Crippen LogP contribution in [0.25, 0.3) is 10.4 Å². The van der Waals surface area contributed by atoms with Crippen molar-refractivity contribution in [3.8, 4) is 10.4 Å². The summed E-state index contributed by atoms with van der Waals surface area (Å²) in [6, 6.07) is 8.26. The maximum Gasteiger partial charge on any atom is 0.407 e. The molecule has 0 atom stereocenters. The van der Waals surface area contributed by atoms with Crippen LogP contribution in [0.1, 0.15) is 62.6 Å². The minimum absolute atomic E-state index is 0.116. The van der Waals surface area contributed by atoms with Crippen molar-refractivity contribution in [2.45, 2.75) is 70.9 Å². The Labute approximate surface area is 216 Å². The topological polar surface area (TPSA) is 109 Å². The van der Waals surface area contributed by atoms with Crippen LogP contribution in [0.15, 0.2) is 30.5 Å². The van der Waals surface area contributed by atoms with E-state index in [-0.39, 0.29) is 18.2 Å². The number of rotatable bonds is 7. The molecule has 3 aromatic rings. The molecule has 2 aromatic heterocycles. The molecule has 1 saturated heterocycles. The van der Waals surface area contributed by atoms with E-state index in [9.17, 15) is 9.36 Å². The number of aromatic nitrogens is 3. The number of hydrogen-bond acceptors (Lipinski definition) is 7. The van der Waals surface area contributed by atoms with Crippen molar-refractivity contribution in [2.24, 2.45) is 0 Å². The van der Waals surface area contributed by atoms with Gasteiger partial charge in [0.2, 0.25) is 0 Å². The second-order valence-corrected chi connectivity index (χ2v) is 14.4. The number of aromatic amines is 1. The van der Waals surface area contributed by atoms with Gasteiger partial charge in [0.05, 0.1) is 16.0 Å². The van der Waals surface area contributed by atoms with Crippen LogP contribution in [0.4, 0.5) is 16.3 Å². The van der Waals surface area contributed by atoms with Gasteiger partial charge in [0, 0.05) is 58.8 Å². The number of hydrogen-bond donors (Lipinski definition) is 3. The zero-order valence-corrected chi connectivity index (χ0v) is 22.8. The number of ether oxygens (including phenoxy) is 1. The summed E-state index contributed by atoms with van der Waals surface area (Å²) >= 11 is 1.71. The third-order valence-corrected chi connectivity index (χ3v) is 11.5. The molecule has 8 nitrogen and oxygen atoms in total. The first-order valence-corrected chi connectivity index (χ1v) is 15.6. The standard InChI is InChI=1S/C26H34N5O3PS/c1-16(2)34-26(32)29-19-7-5-18(6-8-19)25-27-15-23(36-25)21-10-9-20(28-24-13-17(3)30-31-24)14-22(21)35(33)11-4-12-35/h9-10,13-16,18-19H,4-8,11-12H2,1-3H3,(H,29,32)(H2,28,30,31)/t18-,19-. The Kier molecular flexibility index (Phi) is 7.22. The molecule has 2 aliphatic rings. The van der Waals surface area contributed by atoms with Crippen LogP contribution in [0.5, 0.6) is 0 Å². The van der Waals surface area contributed by atoms with Crippen molar-refractivity contribution in [3.05, 3.63) is 41.2 Å². The number of nitrogens with zero attached hydrogens (tertiary/aromatic N) is 2. The SMILES string of the molecule is Cc1cc(Nc2ccc(-c3cnc([C@H]4CC[C@H](NC(=O)OC(C)C)CC4)s3)c(P3(=O)CCC3)c2)n[nH]1. The lowest BCUT2D eigenvalue weighted by Crippen LogP contribution is -2.38. The highest BCUT2D eigenvalue weighted by Gasteiger charge is 2.35. The van der Waals surface area contributed by atoms with Gasteiger partial charge in [0.25, 0.3) is 0 Å². The molecule has 10 heteroatoms. The molecule has 1 aliphatic heterocycles. The molecule has 1 amide bonds. The van der Waals surface area contributed by atoms with Gasteiger partial charge in [-0.25, -0.2) is 9.78 Å². The minimum Gasteiger partial charge on any atom is -0.447 e. The van der Waals surface area contributed by atoms with Crippen LogP contribution >= 0.6 is 18.5 Å². The van der Waals surface area contributed by atoms with E-state index in [2.05, 4.69) is 26.9 Å². The first kappa shape index (κ1) is 25.0. The monoisotopic (exact) mass is 527 g/mol. The summed E-state index contributed by atoms with van der Waals surface area (Å²) in [6.45, 7) is 5.67. The average Bonchev–Trinajstić information content (AvgIpc) is 3.47. The lowest BCUT2D eigenvalue weighted by atomic mass is 9.86. The Morgan fingerprint density at radius 2 is 1.97 bits per heavy atom. The van der Waals surface area contributed by atoms with Gasteiger partial charge in [-0.1, -0.05) is 6.07 Å². The minimum atomic E-state index is -2.37. The van der Waals surface area contributed by atoms with Crippen molar-refractivity contribution >= 4 is 41.4 Å². The van der Waals surface area contributed by atoms with E-state index in [1.165, 1.54) is 0 Å². The van der Waals surface area contributed by atoms with Crippen LogP contribution in [0.3, 0.4) is 0 Å². The number of aryl methyl sites for hydroxylation is 1. The fourth-order valence-electron chi connectivity index (χ4n) is 4.97. The van der Waals surface area contributed by atoms with E-state index in [1.54, 1.807) is 11.3 Å². The van der Waals surface area contributed by atoms with Crippen LogP contribution in [0.2, 0.25) is 0 Å². The number of carbonyl (C=O) groups is 1. The zero-order valence-electron chi connectivity index (χ0n) is 21.0. The Morgan fingerprint density at radius 1 is 1.19 bits per heavy atom. The predicted octanol–water partition coefficient (Wildman–Crippen LogP) is 6.14. The summed E-state index contributed by atoms with van der Waals surface area (Å²) < 4.78 is 18.9. The third-order valence-electron chi connectivity index (χ3n) is 6.98. The van der Waals surface area contributed by atoms with Crippen LogP contribution in [-0.2, 0) is 9.30 Å². The van der Waals surface area contributed by atoms with E-state index in [0.717, 1.165) is 82.4 Å². The first-order chi connectivity index (χ1) is 17.3. The van der Waals surface area contributed by atoms with Gasteiger partial charge in [-0.05, 0) is 65.0 Å². The van der Waals surface area contributed by atoms with Gasteiger partial charge in [0.15, 0.2) is 5.82 Å². The zero-order chi connectivity index (χ0) is 25.3. The molecular weight excluding hydrogens is 493 g/mol. The maximum absolute atomic E-state index is 13.7. The Bertz CT molecular complexity index is 1270. The fourth-order valence-corrected chi connectivity index (χ4v) is 8.55. The summed E-state index contributed by atoms with van der Waals surface area (Å²) in [5.74, 6) is 1.13. The molecule has 192 valence electrons. The highest BCUT2D eigenvalue weighted by atomic mass is 32.1. The Balaban J connectivity index is 1.30. The Hall–Kier alpha value is -2.64. The number of carbonyl (C=O) groups excluding carboxylic acids is 1. The maximum atomic E-state index is 13.7. The molecule has 3 heterocycles. The molecule has 5 rings (SSSR count). The summed E-state index contributed by atoms with van der Waals surface area (Å²) in [6.07, 6.45) is 7.86. The number of nitrogens with one attached hydrogen (secondary N) is 3. The molecule has 1 saturated carbocycles. The van der Waals surface area contributed by atoms with Gasteiger partial charge in [-0.2, -0.15) is 5.10 Å². The van der Waals surface area contributed by atoms with E-state index in [4.69, 9.17) is 9.72 Å². The van der Waals surface area contributed by atoms with Crippen LogP contribution in [-0.4, -0.2) is 45.7 Å². The lowest BCUT2D eigenvalue weighted by Gasteiger charge is -2.29. The summed E-state index contributed by atoms with van der Waals surface area (Å²) in [5, 5.41) is 15.6. The lowest BCUT2D eigenvalue weighted by molar-refractivity contribution is 0.109. The summed E-state index contributed by atoms with van der Waals surface area (Å²) in [4.78, 5) is 17.8. The molecule has 36 heavy (non-hydrogen) atoms. The molecule has 0 radical (unpaired) electrons. The number of H-pyrrole nitrogens is 1. The van der Waals surface area contributed by atoms with E-state index in [1.807, 2.05) is 45.2 Å². The number of benzene rings is 1. The molecule has 3 N–H and O–H groups in total. The molecule has 2 fully saturated rings. The summed E-state index contributed by atoms with van der Waals surface area (Å²) in [5.41, 5.74) is 2.92. The van der Waals surface area contributed by atoms with Crippen molar-refractivity contribution in [2.75, 3.05) is 17.6 Å². The van der Waals surface area contributed by atoms with E-state index >= 15 is 0 Å². The largest absolute Gasteiger partial charge is 0.447 e. The molecular formula is C26H34N5O3PS. The second kappa shape index (κ2) is 10.4. The van der Waals surface area contributed by atoms with E-state index in [0.29, 0.717) is 5.92 Å². The highest BCUT2D eigenvalue weighted by molar-refractivity contribution is 7.73. The number of alkyl carbamates (subject to hydrolysis) is 1. The average molecular weight is 528 g/mol. The number of anilines is 2. The highest BCUT2D eigenvalue weighted by Crippen LogP contribution is 2.56. The van der Waals surface area contributed by atoms with Gasteiger partial charge in [-0.3, -0.25) is 5.10 Å². The second-order valence-electron chi connectivity index (χ2n) is 10.2. The summed E-state index contributed by atoms with van der Waals surface area (Å²) in [7, 11) is -2.37. The van der Waals surface area contributed by atoms with Crippen molar-refractivity contribution in [1.82, 2.24) is 20.5 Å². The Morgan fingerprint density at radius 3 is 2.61 bits per heavy atom. The first-order valence-electron chi connectivity index (χ1n) is 12.7. The quantitative estimate of drug-likeness (QED) is 0.319. The van der Waals surface area contributed by atoms with Gasteiger partial charge in [-0.15, -0.1) is 11.3 Å². The molecule has 1 aliphatic carbocycles. The molecule has 1 aromatic carbocycles. The smallest absolute Gasteiger partial charge is 0.407 e. The predicted molar refractivity (Wildman–Crippen MR) is 145 cm³/mol. The number of thiazole rings is 1. The van der Waals surface area contributed by atoms with Crippen LogP contribution < -0.4 is 15.9 Å². The van der Waals surface area contributed by atoms with Crippen molar-refractivity contribution in [1.29, 1.82) is 0 Å². The van der Waals surface area contributed by atoms with Gasteiger partial charge >= 0.3 is 6.09 Å². The van der Waals surface area contributed by atoms with Gasteiger partial charge < -0.3 is 19.9 Å². The molecule has 0 spiro atoms. The molecule has 0 unspecified atom stereocenters. The third kappa shape index (κ3) is 5.52. The van der Waals surface area contributed by atoms with Crippen LogP contribution in [0, 0.1) is 6.92 Å². The molecule has 0 bridgehead atoms. The normalized spacial score (nSPS) is 21.1. The fraction of sp³-hybridized carbons (Fsp3) is 0.500. The van der Waals surface area contributed by atoms with Crippen molar-refractivity contribution < 1.29 is 14.1 Å². The number of amides is 1. The van der Waals surface area contributed by atoms with E-state index < -0.39 is 7.14 Å².